The summed E-state index contributed by atoms with van der Waals surface area (Å²) in [6, 6.07) is 6.64. The summed E-state index contributed by atoms with van der Waals surface area (Å²) in [6.07, 6.45) is 6.91. The highest BCUT2D eigenvalue weighted by Gasteiger charge is 1.92. The summed E-state index contributed by atoms with van der Waals surface area (Å²) in [6.45, 7) is 7.91. The van der Waals surface area contributed by atoms with Crippen LogP contribution in [0.1, 0.15) is 16.7 Å². The number of benzene rings is 1. The molecular formula is C13H16. The fourth-order valence-electron chi connectivity index (χ4n) is 1.49. The summed E-state index contributed by atoms with van der Waals surface area (Å²) in [5.74, 6) is 0. The summed E-state index contributed by atoms with van der Waals surface area (Å²) < 4.78 is 0. The molecule has 0 spiro atoms. The van der Waals surface area contributed by atoms with E-state index < -0.39 is 0 Å². The van der Waals surface area contributed by atoms with Crippen LogP contribution < -0.4 is 0 Å². The second-order valence-electron chi connectivity index (χ2n) is 3.36. The van der Waals surface area contributed by atoms with Crippen molar-refractivity contribution in [1.29, 1.82) is 0 Å². The first-order valence-corrected chi connectivity index (χ1v) is 4.57. The maximum Gasteiger partial charge on any atom is -0.00941 e. The number of rotatable bonds is 3. The van der Waals surface area contributed by atoms with E-state index >= 15 is 0 Å². The monoisotopic (exact) mass is 172 g/mol. The third-order valence-electron chi connectivity index (χ3n) is 1.91. The lowest BCUT2D eigenvalue weighted by Gasteiger charge is -2.01. The van der Waals surface area contributed by atoms with E-state index in [1.54, 1.807) is 0 Å². The molecule has 0 fully saturated rings. The third kappa shape index (κ3) is 3.29. The number of allylic oxidation sites excluding steroid dienone is 3. The molecule has 0 nitrogen and oxygen atoms in total. The van der Waals surface area contributed by atoms with Crippen molar-refractivity contribution < 1.29 is 0 Å². The number of hydrogen-bond acceptors (Lipinski definition) is 0. The smallest absolute Gasteiger partial charge is 0.00941 e. The van der Waals surface area contributed by atoms with Gasteiger partial charge in [0.05, 0.1) is 0 Å². The molecular weight excluding hydrogens is 156 g/mol. The molecule has 0 N–H and O–H groups in total. The quantitative estimate of drug-likeness (QED) is 0.611. The zero-order valence-electron chi connectivity index (χ0n) is 8.38. The Hall–Kier alpha value is -1.30. The van der Waals surface area contributed by atoms with Gasteiger partial charge in [-0.05, 0) is 25.8 Å². The molecule has 0 saturated carbocycles. The van der Waals surface area contributed by atoms with Gasteiger partial charge in [-0.2, -0.15) is 0 Å². The lowest BCUT2D eigenvalue weighted by atomic mass is 10.1. The molecule has 0 heteroatoms. The first kappa shape index (κ1) is 9.79. The largest absolute Gasteiger partial charge is 0.0991 e. The Morgan fingerprint density at radius 3 is 2.31 bits per heavy atom. The van der Waals surface area contributed by atoms with Crippen molar-refractivity contribution in [2.75, 3.05) is 0 Å². The normalized spacial score (nSPS) is 10.6. The van der Waals surface area contributed by atoms with Crippen LogP contribution in [0.25, 0.3) is 0 Å². The molecule has 0 aliphatic carbocycles. The van der Waals surface area contributed by atoms with E-state index in [9.17, 15) is 0 Å². The van der Waals surface area contributed by atoms with E-state index in [0.29, 0.717) is 0 Å². The molecule has 1 aromatic rings. The highest BCUT2D eigenvalue weighted by Crippen LogP contribution is 2.09. The Morgan fingerprint density at radius 1 is 1.15 bits per heavy atom. The summed E-state index contributed by atoms with van der Waals surface area (Å²) in [7, 11) is 0. The van der Waals surface area contributed by atoms with E-state index in [2.05, 4.69) is 44.7 Å². The van der Waals surface area contributed by atoms with Gasteiger partial charge in [-0.15, -0.1) is 0 Å². The highest BCUT2D eigenvalue weighted by molar-refractivity contribution is 5.29. The van der Waals surface area contributed by atoms with E-state index in [1.165, 1.54) is 16.7 Å². The standard InChI is InChI=1S/C13H16/c1-4-5-6-7-13-9-11(2)8-12(3)10-13/h4-6,8-10H,1,7H2,2-3H3. The molecule has 0 saturated heterocycles. The minimum absolute atomic E-state index is 0.995. The van der Waals surface area contributed by atoms with Crippen LogP contribution in [-0.4, -0.2) is 0 Å². The highest BCUT2D eigenvalue weighted by atomic mass is 14.0. The van der Waals surface area contributed by atoms with Crippen LogP contribution in [0.5, 0.6) is 0 Å². The maximum absolute atomic E-state index is 3.64. The summed E-state index contributed by atoms with van der Waals surface area (Å²) in [5.41, 5.74) is 4.04. The van der Waals surface area contributed by atoms with Gasteiger partial charge in [-0.25, -0.2) is 0 Å². The van der Waals surface area contributed by atoms with Crippen molar-refractivity contribution in [3.8, 4) is 0 Å². The Balaban J connectivity index is 2.77. The van der Waals surface area contributed by atoms with Crippen molar-refractivity contribution >= 4 is 0 Å². The van der Waals surface area contributed by atoms with Gasteiger partial charge < -0.3 is 0 Å². The van der Waals surface area contributed by atoms with Gasteiger partial charge in [-0.3, -0.25) is 0 Å². The first-order chi connectivity index (χ1) is 6.22. The predicted octanol–water partition coefficient (Wildman–Crippen LogP) is 3.59. The van der Waals surface area contributed by atoms with Crippen LogP contribution in [0.2, 0.25) is 0 Å². The predicted molar refractivity (Wildman–Crippen MR) is 59.0 cm³/mol. The fourth-order valence-corrected chi connectivity index (χ4v) is 1.49. The van der Waals surface area contributed by atoms with Gasteiger partial charge in [0.15, 0.2) is 0 Å². The fraction of sp³-hybridized carbons (Fsp3) is 0.231. The molecule has 0 aromatic heterocycles. The van der Waals surface area contributed by atoms with Crippen LogP contribution in [0.15, 0.2) is 43.0 Å². The summed E-state index contributed by atoms with van der Waals surface area (Å²) >= 11 is 0. The average Bonchev–Trinajstić information content (AvgIpc) is 2.03. The lowest BCUT2D eigenvalue weighted by Crippen LogP contribution is -1.84. The molecule has 0 radical (unpaired) electrons. The van der Waals surface area contributed by atoms with Crippen molar-refractivity contribution in [3.63, 3.8) is 0 Å². The molecule has 68 valence electrons. The number of aryl methyl sites for hydroxylation is 2. The molecule has 0 aliphatic heterocycles. The minimum Gasteiger partial charge on any atom is -0.0991 e. The molecule has 0 amide bonds. The van der Waals surface area contributed by atoms with Crippen molar-refractivity contribution in [1.82, 2.24) is 0 Å². The van der Waals surface area contributed by atoms with Crippen LogP contribution in [0, 0.1) is 13.8 Å². The number of hydrogen-bond donors (Lipinski definition) is 0. The molecule has 0 heterocycles. The van der Waals surface area contributed by atoms with Gasteiger partial charge in [0.1, 0.15) is 0 Å². The van der Waals surface area contributed by atoms with Crippen LogP contribution >= 0.6 is 0 Å². The van der Waals surface area contributed by atoms with E-state index in [0.717, 1.165) is 6.42 Å². The van der Waals surface area contributed by atoms with Crippen LogP contribution in [0.4, 0.5) is 0 Å². The van der Waals surface area contributed by atoms with Crippen molar-refractivity contribution in [2.24, 2.45) is 0 Å². The molecule has 1 rings (SSSR count). The summed E-state index contributed by atoms with van der Waals surface area (Å²) in [5, 5.41) is 0. The van der Waals surface area contributed by atoms with Gasteiger partial charge >= 0.3 is 0 Å². The molecule has 1 aromatic carbocycles. The maximum atomic E-state index is 3.64. The molecule has 0 unspecified atom stereocenters. The molecule has 0 bridgehead atoms. The lowest BCUT2D eigenvalue weighted by molar-refractivity contribution is 1.22. The van der Waals surface area contributed by atoms with E-state index in [-0.39, 0.29) is 0 Å². The Labute approximate surface area is 80.6 Å². The zero-order valence-corrected chi connectivity index (χ0v) is 8.38. The Kier molecular flexibility index (Phi) is 3.51. The average molecular weight is 172 g/mol. The Bertz CT molecular complexity index is 299. The zero-order chi connectivity index (χ0) is 9.68. The van der Waals surface area contributed by atoms with Crippen molar-refractivity contribution in [3.05, 3.63) is 59.7 Å². The third-order valence-corrected chi connectivity index (χ3v) is 1.91. The topological polar surface area (TPSA) is 0 Å². The van der Waals surface area contributed by atoms with E-state index in [4.69, 9.17) is 0 Å². The van der Waals surface area contributed by atoms with Gasteiger partial charge in [0, 0.05) is 0 Å². The van der Waals surface area contributed by atoms with Crippen molar-refractivity contribution in [2.45, 2.75) is 20.3 Å². The second kappa shape index (κ2) is 4.66. The second-order valence-corrected chi connectivity index (χ2v) is 3.36. The van der Waals surface area contributed by atoms with Gasteiger partial charge in [0.2, 0.25) is 0 Å². The van der Waals surface area contributed by atoms with E-state index in [1.807, 2.05) is 12.2 Å². The SMILES string of the molecule is C=CC=CCc1cc(C)cc(C)c1. The molecule has 0 atom stereocenters. The minimum atomic E-state index is 0.995. The van der Waals surface area contributed by atoms with Gasteiger partial charge in [-0.1, -0.05) is 54.1 Å². The van der Waals surface area contributed by atoms with Gasteiger partial charge in [0.25, 0.3) is 0 Å². The van der Waals surface area contributed by atoms with Crippen LogP contribution in [-0.2, 0) is 6.42 Å². The Morgan fingerprint density at radius 2 is 1.77 bits per heavy atom. The van der Waals surface area contributed by atoms with Crippen LogP contribution in [0.3, 0.4) is 0 Å². The first-order valence-electron chi connectivity index (χ1n) is 4.57. The summed E-state index contributed by atoms with van der Waals surface area (Å²) in [4.78, 5) is 0. The molecule has 0 aliphatic rings. The molecule has 13 heavy (non-hydrogen) atoms.